The van der Waals surface area contributed by atoms with Gasteiger partial charge in [-0.15, -0.1) is 0 Å². The maximum Gasteiger partial charge on any atom is 0.338 e. The van der Waals surface area contributed by atoms with Gasteiger partial charge >= 0.3 is 5.97 Å². The van der Waals surface area contributed by atoms with E-state index in [1.807, 2.05) is 37.3 Å². The molecule has 1 heterocycles. The van der Waals surface area contributed by atoms with E-state index < -0.39 is 5.92 Å². The Kier molecular flexibility index (Phi) is 7.82. The minimum Gasteiger partial charge on any atom is -0.462 e. The molecule has 0 spiro atoms. The standard InChI is InChI=1S/C25H30N2O4/c1-3-4-8-15-31-25(30)20-11-13-22(14-12-20)26-24(29)21-16-23(28)27(17-21)18(2)19-9-6-5-7-10-19/h5-7,9-14,18,21H,3-4,8,15-17H2,1-2H3,(H,26,29)/t18-,21+/m0/s1. The van der Waals surface area contributed by atoms with E-state index in [1.165, 1.54) is 0 Å². The van der Waals surface area contributed by atoms with E-state index in [1.54, 1.807) is 29.2 Å². The van der Waals surface area contributed by atoms with Crippen molar-refractivity contribution in [3.63, 3.8) is 0 Å². The average Bonchev–Trinajstić information content (AvgIpc) is 3.19. The highest BCUT2D eigenvalue weighted by Crippen LogP contribution is 2.29. The summed E-state index contributed by atoms with van der Waals surface area (Å²) in [5.41, 5.74) is 2.09. The molecule has 1 N–H and O–H groups in total. The van der Waals surface area contributed by atoms with E-state index in [2.05, 4.69) is 12.2 Å². The molecule has 2 amide bonds. The Morgan fingerprint density at radius 1 is 1.10 bits per heavy atom. The van der Waals surface area contributed by atoms with E-state index >= 15 is 0 Å². The molecule has 3 rings (SSSR count). The van der Waals surface area contributed by atoms with Crippen molar-refractivity contribution in [3.8, 4) is 0 Å². The van der Waals surface area contributed by atoms with Crippen LogP contribution in [0.3, 0.4) is 0 Å². The maximum absolute atomic E-state index is 12.7. The minimum atomic E-state index is -0.401. The van der Waals surface area contributed by atoms with Crippen molar-refractivity contribution in [2.75, 3.05) is 18.5 Å². The fourth-order valence-electron chi connectivity index (χ4n) is 3.73. The summed E-state index contributed by atoms with van der Waals surface area (Å²) in [5.74, 6) is -0.966. The third-order valence-corrected chi connectivity index (χ3v) is 5.65. The van der Waals surface area contributed by atoms with Crippen LogP contribution in [0.1, 0.15) is 61.5 Å². The fourth-order valence-corrected chi connectivity index (χ4v) is 3.73. The maximum atomic E-state index is 12.7. The van der Waals surface area contributed by atoms with Gasteiger partial charge in [-0.3, -0.25) is 9.59 Å². The number of amides is 2. The molecule has 164 valence electrons. The lowest BCUT2D eigenvalue weighted by molar-refractivity contribution is -0.129. The zero-order chi connectivity index (χ0) is 22.2. The van der Waals surface area contributed by atoms with Gasteiger partial charge in [-0.05, 0) is 43.2 Å². The summed E-state index contributed by atoms with van der Waals surface area (Å²) in [6.07, 6.45) is 3.16. The van der Waals surface area contributed by atoms with Gasteiger partial charge in [0.05, 0.1) is 24.1 Å². The van der Waals surface area contributed by atoms with E-state index in [-0.39, 0.29) is 30.2 Å². The first-order valence-electron chi connectivity index (χ1n) is 10.9. The first-order chi connectivity index (χ1) is 15.0. The van der Waals surface area contributed by atoms with Crippen LogP contribution in [-0.4, -0.2) is 35.8 Å². The van der Waals surface area contributed by atoms with Crippen molar-refractivity contribution in [2.45, 2.75) is 45.6 Å². The molecule has 0 bridgehead atoms. The number of likely N-dealkylation sites (tertiary alicyclic amines) is 1. The van der Waals surface area contributed by atoms with Crippen LogP contribution in [-0.2, 0) is 14.3 Å². The van der Waals surface area contributed by atoms with Crippen LogP contribution in [0.15, 0.2) is 54.6 Å². The molecule has 1 aliphatic heterocycles. The summed E-state index contributed by atoms with van der Waals surface area (Å²) in [4.78, 5) is 39.0. The molecule has 2 aromatic rings. The van der Waals surface area contributed by atoms with Crippen LogP contribution >= 0.6 is 0 Å². The Bertz CT molecular complexity index is 895. The van der Waals surface area contributed by atoms with Gasteiger partial charge in [-0.25, -0.2) is 4.79 Å². The molecule has 1 fully saturated rings. The molecular formula is C25H30N2O4. The van der Waals surface area contributed by atoms with E-state index in [0.29, 0.717) is 24.4 Å². The van der Waals surface area contributed by atoms with Crippen molar-refractivity contribution in [1.82, 2.24) is 4.90 Å². The number of ether oxygens (including phenoxy) is 1. The number of carbonyl (C=O) groups excluding carboxylic acids is 3. The Morgan fingerprint density at radius 2 is 1.81 bits per heavy atom. The third kappa shape index (κ3) is 5.94. The zero-order valence-electron chi connectivity index (χ0n) is 18.2. The second-order valence-corrected chi connectivity index (χ2v) is 7.94. The van der Waals surface area contributed by atoms with Crippen molar-refractivity contribution >= 4 is 23.5 Å². The van der Waals surface area contributed by atoms with Crippen molar-refractivity contribution < 1.29 is 19.1 Å². The fraction of sp³-hybridized carbons (Fsp3) is 0.400. The predicted molar refractivity (Wildman–Crippen MR) is 120 cm³/mol. The van der Waals surface area contributed by atoms with Gasteiger partial charge in [0.1, 0.15) is 0 Å². The summed E-state index contributed by atoms with van der Waals surface area (Å²) in [5, 5.41) is 2.86. The number of carbonyl (C=O) groups is 3. The summed E-state index contributed by atoms with van der Waals surface area (Å²) in [6.45, 7) is 4.88. The SMILES string of the molecule is CCCCCOC(=O)c1ccc(NC(=O)[C@@H]2CC(=O)N([C@@H](C)c3ccccc3)C2)cc1. The number of benzene rings is 2. The van der Waals surface area contributed by atoms with Crippen LogP contribution in [0.5, 0.6) is 0 Å². The number of anilines is 1. The van der Waals surface area contributed by atoms with Crippen LogP contribution in [0.25, 0.3) is 0 Å². The quantitative estimate of drug-likeness (QED) is 0.474. The lowest BCUT2D eigenvalue weighted by Gasteiger charge is -2.25. The van der Waals surface area contributed by atoms with E-state index in [9.17, 15) is 14.4 Å². The highest BCUT2D eigenvalue weighted by atomic mass is 16.5. The Labute approximate surface area is 183 Å². The number of unbranched alkanes of at least 4 members (excludes halogenated alkanes) is 2. The minimum absolute atomic E-state index is 0.0160. The van der Waals surface area contributed by atoms with E-state index in [0.717, 1.165) is 24.8 Å². The van der Waals surface area contributed by atoms with Crippen LogP contribution in [0.4, 0.5) is 5.69 Å². The van der Waals surface area contributed by atoms with Crippen LogP contribution < -0.4 is 5.32 Å². The van der Waals surface area contributed by atoms with Gasteiger partial charge in [-0.2, -0.15) is 0 Å². The molecule has 6 nitrogen and oxygen atoms in total. The largest absolute Gasteiger partial charge is 0.462 e. The summed E-state index contributed by atoms with van der Waals surface area (Å²) < 4.78 is 5.25. The van der Waals surface area contributed by atoms with Crippen molar-refractivity contribution in [2.24, 2.45) is 5.92 Å². The number of hydrogen-bond donors (Lipinski definition) is 1. The zero-order valence-corrected chi connectivity index (χ0v) is 18.2. The van der Waals surface area contributed by atoms with Gasteiger partial charge in [-0.1, -0.05) is 50.1 Å². The van der Waals surface area contributed by atoms with Gasteiger partial charge < -0.3 is 15.0 Å². The lowest BCUT2D eigenvalue weighted by Crippen LogP contribution is -2.30. The highest BCUT2D eigenvalue weighted by molar-refractivity contribution is 5.98. The Morgan fingerprint density at radius 3 is 2.48 bits per heavy atom. The number of rotatable bonds is 9. The molecule has 2 aromatic carbocycles. The first kappa shape index (κ1) is 22.5. The molecule has 0 radical (unpaired) electrons. The second kappa shape index (κ2) is 10.8. The van der Waals surface area contributed by atoms with Crippen LogP contribution in [0, 0.1) is 5.92 Å². The smallest absolute Gasteiger partial charge is 0.338 e. The molecule has 6 heteroatoms. The third-order valence-electron chi connectivity index (χ3n) is 5.65. The summed E-state index contributed by atoms with van der Waals surface area (Å²) in [7, 11) is 0. The second-order valence-electron chi connectivity index (χ2n) is 7.94. The highest BCUT2D eigenvalue weighted by Gasteiger charge is 2.37. The van der Waals surface area contributed by atoms with Crippen molar-refractivity contribution in [3.05, 3.63) is 65.7 Å². The monoisotopic (exact) mass is 422 g/mol. The predicted octanol–water partition coefficient (Wildman–Crippen LogP) is 4.58. The molecule has 0 aromatic heterocycles. The van der Waals surface area contributed by atoms with Gasteiger partial charge in [0, 0.05) is 18.7 Å². The van der Waals surface area contributed by atoms with Gasteiger partial charge in [0.25, 0.3) is 0 Å². The van der Waals surface area contributed by atoms with E-state index in [4.69, 9.17) is 4.74 Å². The van der Waals surface area contributed by atoms with Crippen molar-refractivity contribution in [1.29, 1.82) is 0 Å². The normalized spacial score (nSPS) is 16.8. The number of hydrogen-bond acceptors (Lipinski definition) is 4. The Hall–Kier alpha value is -3.15. The van der Waals surface area contributed by atoms with Gasteiger partial charge in [0.15, 0.2) is 0 Å². The summed E-state index contributed by atoms with van der Waals surface area (Å²) in [6, 6.07) is 16.4. The summed E-state index contributed by atoms with van der Waals surface area (Å²) >= 11 is 0. The molecule has 1 saturated heterocycles. The molecular weight excluding hydrogens is 392 g/mol. The van der Waals surface area contributed by atoms with Crippen LogP contribution in [0.2, 0.25) is 0 Å². The topological polar surface area (TPSA) is 75.7 Å². The molecule has 0 aliphatic carbocycles. The average molecular weight is 423 g/mol. The molecule has 0 unspecified atom stereocenters. The first-order valence-corrected chi connectivity index (χ1v) is 10.9. The Balaban J connectivity index is 1.53. The molecule has 0 saturated carbocycles. The molecule has 31 heavy (non-hydrogen) atoms. The lowest BCUT2D eigenvalue weighted by atomic mass is 10.1. The number of nitrogens with one attached hydrogen (secondary N) is 1. The van der Waals surface area contributed by atoms with Gasteiger partial charge in [0.2, 0.25) is 11.8 Å². The molecule has 1 aliphatic rings. The number of nitrogens with zero attached hydrogens (tertiary/aromatic N) is 1. The molecule has 2 atom stereocenters. The number of esters is 1.